The number of hydrogen-bond acceptors (Lipinski definition) is 3. The third-order valence-electron chi connectivity index (χ3n) is 3.39. The Labute approximate surface area is 114 Å². The molecule has 0 unspecified atom stereocenters. The third kappa shape index (κ3) is 5.92. The van der Waals surface area contributed by atoms with Gasteiger partial charge in [0, 0.05) is 12.6 Å². The molecular weight excluding hydrogens is 246 g/mol. The molecule has 1 fully saturated rings. The number of carbonyl (C=O) groups excluding carboxylic acids is 1. The number of aliphatic carboxylic acids is 1. The van der Waals surface area contributed by atoms with Gasteiger partial charge < -0.3 is 20.2 Å². The van der Waals surface area contributed by atoms with Gasteiger partial charge in [-0.1, -0.05) is 12.8 Å². The fourth-order valence-corrected chi connectivity index (χ4v) is 2.42. The summed E-state index contributed by atoms with van der Waals surface area (Å²) in [5, 5.41) is 11.7. The van der Waals surface area contributed by atoms with E-state index in [-0.39, 0.29) is 18.6 Å². The standard InChI is InChI=1S/C13H25N3O3/c1-15(2)9-5-8-14-13(19)16(10-12(17)18)11-6-3-4-7-11/h11H,3-10H2,1-2H3,(H,14,19)(H,17,18). The van der Waals surface area contributed by atoms with E-state index in [1.807, 2.05) is 14.1 Å². The monoisotopic (exact) mass is 271 g/mol. The molecule has 0 aromatic carbocycles. The van der Waals surface area contributed by atoms with Crippen LogP contribution in [0.2, 0.25) is 0 Å². The van der Waals surface area contributed by atoms with Crippen molar-refractivity contribution in [2.75, 3.05) is 33.7 Å². The summed E-state index contributed by atoms with van der Waals surface area (Å²) in [6.45, 7) is 1.28. The van der Waals surface area contributed by atoms with Crippen LogP contribution in [0.25, 0.3) is 0 Å². The molecule has 0 saturated heterocycles. The van der Waals surface area contributed by atoms with Crippen LogP contribution in [0.4, 0.5) is 4.79 Å². The molecule has 110 valence electrons. The number of carbonyl (C=O) groups is 2. The average molecular weight is 271 g/mol. The predicted molar refractivity (Wildman–Crippen MR) is 73.2 cm³/mol. The van der Waals surface area contributed by atoms with E-state index < -0.39 is 5.97 Å². The van der Waals surface area contributed by atoms with E-state index in [2.05, 4.69) is 10.2 Å². The summed E-state index contributed by atoms with van der Waals surface area (Å²) in [6.07, 6.45) is 4.85. The van der Waals surface area contributed by atoms with Gasteiger partial charge in [-0.15, -0.1) is 0 Å². The minimum absolute atomic E-state index is 0.0879. The highest BCUT2D eigenvalue weighted by molar-refractivity contribution is 5.80. The highest BCUT2D eigenvalue weighted by atomic mass is 16.4. The summed E-state index contributed by atoms with van der Waals surface area (Å²) in [5.41, 5.74) is 0. The van der Waals surface area contributed by atoms with Crippen molar-refractivity contribution in [3.63, 3.8) is 0 Å². The maximum Gasteiger partial charge on any atom is 0.323 e. The van der Waals surface area contributed by atoms with E-state index in [0.29, 0.717) is 6.54 Å². The summed E-state index contributed by atoms with van der Waals surface area (Å²) < 4.78 is 0. The second-order valence-corrected chi connectivity index (χ2v) is 5.35. The Hall–Kier alpha value is -1.30. The molecule has 0 bridgehead atoms. The fourth-order valence-electron chi connectivity index (χ4n) is 2.42. The predicted octanol–water partition coefficient (Wildman–Crippen LogP) is 0.977. The zero-order valence-corrected chi connectivity index (χ0v) is 11.9. The SMILES string of the molecule is CN(C)CCCNC(=O)N(CC(=O)O)C1CCCC1. The lowest BCUT2D eigenvalue weighted by Crippen LogP contribution is -2.48. The molecule has 2 amide bonds. The van der Waals surface area contributed by atoms with E-state index in [0.717, 1.165) is 38.6 Å². The van der Waals surface area contributed by atoms with Gasteiger partial charge in [0.1, 0.15) is 6.54 Å². The van der Waals surface area contributed by atoms with Crippen molar-refractivity contribution in [2.24, 2.45) is 0 Å². The summed E-state index contributed by atoms with van der Waals surface area (Å²) in [4.78, 5) is 26.4. The average Bonchev–Trinajstić information content (AvgIpc) is 2.84. The first-order chi connectivity index (χ1) is 9.00. The Morgan fingerprint density at radius 2 is 1.89 bits per heavy atom. The van der Waals surface area contributed by atoms with Crippen molar-refractivity contribution in [3.05, 3.63) is 0 Å². The van der Waals surface area contributed by atoms with Gasteiger partial charge in [-0.25, -0.2) is 4.79 Å². The summed E-state index contributed by atoms with van der Waals surface area (Å²) >= 11 is 0. The smallest absolute Gasteiger partial charge is 0.323 e. The van der Waals surface area contributed by atoms with Crippen LogP contribution in [-0.4, -0.2) is 66.7 Å². The van der Waals surface area contributed by atoms with E-state index in [4.69, 9.17) is 5.11 Å². The van der Waals surface area contributed by atoms with Gasteiger partial charge in [0.05, 0.1) is 0 Å². The first kappa shape index (κ1) is 15.8. The lowest BCUT2D eigenvalue weighted by atomic mass is 10.2. The van der Waals surface area contributed by atoms with Crippen LogP contribution in [-0.2, 0) is 4.79 Å². The van der Waals surface area contributed by atoms with Gasteiger partial charge >= 0.3 is 12.0 Å². The number of nitrogens with zero attached hydrogens (tertiary/aromatic N) is 2. The Bertz CT molecular complexity index is 302. The Morgan fingerprint density at radius 1 is 1.26 bits per heavy atom. The summed E-state index contributed by atoms with van der Waals surface area (Å²) in [5.74, 6) is -0.949. The van der Waals surface area contributed by atoms with E-state index in [1.54, 1.807) is 0 Å². The molecule has 1 rings (SSSR count). The first-order valence-electron chi connectivity index (χ1n) is 6.91. The zero-order valence-electron chi connectivity index (χ0n) is 11.9. The highest BCUT2D eigenvalue weighted by Gasteiger charge is 2.27. The van der Waals surface area contributed by atoms with Gasteiger partial charge in [-0.3, -0.25) is 4.79 Å². The molecule has 2 N–H and O–H groups in total. The van der Waals surface area contributed by atoms with E-state index in [9.17, 15) is 9.59 Å². The van der Waals surface area contributed by atoms with Crippen molar-refractivity contribution >= 4 is 12.0 Å². The molecule has 0 heterocycles. The highest BCUT2D eigenvalue weighted by Crippen LogP contribution is 2.23. The molecule has 0 aromatic heterocycles. The van der Waals surface area contributed by atoms with Crippen molar-refractivity contribution in [2.45, 2.75) is 38.1 Å². The number of carboxylic acid groups (broad SMARTS) is 1. The normalized spacial score (nSPS) is 15.7. The zero-order chi connectivity index (χ0) is 14.3. The van der Waals surface area contributed by atoms with Crippen molar-refractivity contribution in [1.82, 2.24) is 15.1 Å². The van der Waals surface area contributed by atoms with Crippen LogP contribution in [0.1, 0.15) is 32.1 Å². The Morgan fingerprint density at radius 3 is 2.42 bits per heavy atom. The number of carboxylic acids is 1. The Kier molecular flexibility index (Phi) is 6.62. The second kappa shape index (κ2) is 7.99. The van der Waals surface area contributed by atoms with Crippen molar-refractivity contribution in [1.29, 1.82) is 0 Å². The lowest BCUT2D eigenvalue weighted by Gasteiger charge is -2.27. The van der Waals surface area contributed by atoms with Crippen LogP contribution < -0.4 is 5.32 Å². The quantitative estimate of drug-likeness (QED) is 0.677. The molecule has 6 heteroatoms. The van der Waals surface area contributed by atoms with E-state index >= 15 is 0 Å². The topological polar surface area (TPSA) is 72.9 Å². The molecule has 0 radical (unpaired) electrons. The minimum atomic E-state index is -0.949. The Balaban J connectivity index is 2.40. The maximum atomic E-state index is 12.0. The van der Waals surface area contributed by atoms with Gasteiger partial charge in [0.2, 0.25) is 0 Å². The van der Waals surface area contributed by atoms with Crippen molar-refractivity contribution in [3.8, 4) is 0 Å². The van der Waals surface area contributed by atoms with Gasteiger partial charge in [0.15, 0.2) is 0 Å². The van der Waals surface area contributed by atoms with Crippen LogP contribution in [0.5, 0.6) is 0 Å². The number of rotatable bonds is 7. The largest absolute Gasteiger partial charge is 0.480 e. The van der Waals surface area contributed by atoms with Crippen LogP contribution in [0.15, 0.2) is 0 Å². The van der Waals surface area contributed by atoms with Crippen molar-refractivity contribution < 1.29 is 14.7 Å². The van der Waals surface area contributed by atoms with E-state index in [1.165, 1.54) is 4.90 Å². The number of urea groups is 1. The summed E-state index contributed by atoms with van der Waals surface area (Å²) in [7, 11) is 3.97. The molecule has 0 aliphatic heterocycles. The molecular formula is C13H25N3O3. The molecule has 1 aliphatic carbocycles. The second-order valence-electron chi connectivity index (χ2n) is 5.35. The first-order valence-corrected chi connectivity index (χ1v) is 6.91. The lowest BCUT2D eigenvalue weighted by molar-refractivity contribution is -0.138. The number of amides is 2. The van der Waals surface area contributed by atoms with Gasteiger partial charge in [-0.2, -0.15) is 0 Å². The minimum Gasteiger partial charge on any atom is -0.480 e. The molecule has 0 atom stereocenters. The van der Waals surface area contributed by atoms with Gasteiger partial charge in [0.25, 0.3) is 0 Å². The third-order valence-corrected chi connectivity index (χ3v) is 3.39. The number of hydrogen-bond donors (Lipinski definition) is 2. The van der Waals surface area contributed by atoms with Crippen LogP contribution in [0.3, 0.4) is 0 Å². The van der Waals surface area contributed by atoms with Crippen LogP contribution >= 0.6 is 0 Å². The molecule has 19 heavy (non-hydrogen) atoms. The van der Waals surface area contributed by atoms with Gasteiger partial charge in [-0.05, 0) is 39.9 Å². The molecule has 1 aliphatic rings. The van der Waals surface area contributed by atoms with Crippen LogP contribution in [0, 0.1) is 0 Å². The fraction of sp³-hybridized carbons (Fsp3) is 0.846. The summed E-state index contributed by atoms with van der Waals surface area (Å²) in [6, 6.07) is -0.155. The molecule has 1 saturated carbocycles. The number of nitrogens with one attached hydrogen (secondary N) is 1. The maximum absolute atomic E-state index is 12.0. The molecule has 6 nitrogen and oxygen atoms in total. The molecule has 0 spiro atoms. The molecule has 0 aromatic rings.